The van der Waals surface area contributed by atoms with Crippen LogP contribution in [0.2, 0.25) is 0 Å². The van der Waals surface area contributed by atoms with Gasteiger partial charge in [-0.3, -0.25) is 4.79 Å². The van der Waals surface area contributed by atoms with Gasteiger partial charge in [0.05, 0.1) is 28.6 Å². The SMILES string of the molecule is COc1cc(/C=C(\Cl)c2nc3cc(C(=O)O)ccc3c(=O)[nH]2)cc2c1OCO2. The van der Waals surface area contributed by atoms with Crippen LogP contribution in [0.5, 0.6) is 17.2 Å². The first-order valence-corrected chi connectivity index (χ1v) is 8.46. The quantitative estimate of drug-likeness (QED) is 0.692. The summed E-state index contributed by atoms with van der Waals surface area (Å²) in [4.78, 5) is 30.3. The normalized spacial score (nSPS) is 13.0. The maximum atomic E-state index is 12.3. The second-order valence-electron chi connectivity index (χ2n) is 5.90. The topological polar surface area (TPSA) is 111 Å². The zero-order chi connectivity index (χ0) is 19.8. The molecule has 0 atom stereocenters. The summed E-state index contributed by atoms with van der Waals surface area (Å²) in [6.07, 6.45) is 1.58. The van der Waals surface area contributed by atoms with E-state index in [1.165, 1.54) is 25.3 Å². The monoisotopic (exact) mass is 400 g/mol. The Morgan fingerprint density at radius 2 is 2.14 bits per heavy atom. The van der Waals surface area contributed by atoms with Gasteiger partial charge in [-0.15, -0.1) is 0 Å². The van der Waals surface area contributed by atoms with Gasteiger partial charge >= 0.3 is 5.97 Å². The van der Waals surface area contributed by atoms with Gasteiger partial charge in [-0.2, -0.15) is 0 Å². The van der Waals surface area contributed by atoms with E-state index in [4.69, 9.17) is 30.9 Å². The summed E-state index contributed by atoms with van der Waals surface area (Å²) in [5.74, 6) is 0.505. The predicted octanol–water partition coefficient (Wildman–Crippen LogP) is 3.10. The molecule has 28 heavy (non-hydrogen) atoms. The second-order valence-corrected chi connectivity index (χ2v) is 6.31. The van der Waals surface area contributed by atoms with Crippen LogP contribution in [0.4, 0.5) is 0 Å². The lowest BCUT2D eigenvalue weighted by atomic mass is 10.1. The fourth-order valence-corrected chi connectivity index (χ4v) is 3.05. The van der Waals surface area contributed by atoms with Crippen molar-refractivity contribution in [1.29, 1.82) is 0 Å². The number of H-pyrrole nitrogens is 1. The number of fused-ring (bicyclic) bond motifs is 2. The summed E-state index contributed by atoms with van der Waals surface area (Å²) in [5, 5.41) is 9.55. The van der Waals surface area contributed by atoms with Gasteiger partial charge in [0.1, 0.15) is 0 Å². The Morgan fingerprint density at radius 3 is 2.89 bits per heavy atom. The Kier molecular flexibility index (Phi) is 4.40. The molecule has 0 amide bonds. The smallest absolute Gasteiger partial charge is 0.335 e. The molecule has 1 aliphatic heterocycles. The fourth-order valence-electron chi connectivity index (χ4n) is 2.83. The lowest BCUT2D eigenvalue weighted by Crippen LogP contribution is -2.11. The largest absolute Gasteiger partial charge is 0.493 e. The van der Waals surface area contributed by atoms with Crippen LogP contribution in [-0.2, 0) is 0 Å². The molecule has 0 unspecified atom stereocenters. The number of carboxylic acid groups (broad SMARTS) is 1. The maximum Gasteiger partial charge on any atom is 0.335 e. The van der Waals surface area contributed by atoms with E-state index in [2.05, 4.69) is 9.97 Å². The van der Waals surface area contributed by atoms with E-state index >= 15 is 0 Å². The number of aromatic amines is 1. The standard InChI is InChI=1S/C19H13ClN2O6/c1-26-14-5-9(6-15-16(14)28-8-27-15)4-12(20)17-21-13-7-10(19(24)25)2-3-11(13)18(23)22-17/h2-7H,8H2,1H3,(H,24,25)(H,21,22,23)/b12-4-. The number of methoxy groups -OCH3 is 1. The molecular formula is C19H13ClN2O6. The number of carbonyl (C=O) groups is 1. The number of hydrogen-bond acceptors (Lipinski definition) is 6. The Hall–Kier alpha value is -3.52. The third-order valence-corrected chi connectivity index (χ3v) is 4.44. The molecule has 0 radical (unpaired) electrons. The summed E-state index contributed by atoms with van der Waals surface area (Å²) >= 11 is 6.36. The minimum Gasteiger partial charge on any atom is -0.493 e. The van der Waals surface area contributed by atoms with E-state index in [1.54, 1.807) is 18.2 Å². The molecule has 3 aromatic rings. The molecule has 4 rings (SSSR count). The number of nitrogens with one attached hydrogen (secondary N) is 1. The molecule has 2 aromatic carbocycles. The van der Waals surface area contributed by atoms with E-state index in [1.807, 2.05) is 0 Å². The summed E-state index contributed by atoms with van der Waals surface area (Å²) in [6.45, 7) is 0.0953. The molecule has 2 N–H and O–H groups in total. The van der Waals surface area contributed by atoms with Gasteiger partial charge in [0.2, 0.25) is 12.5 Å². The van der Waals surface area contributed by atoms with Crippen molar-refractivity contribution in [2.45, 2.75) is 0 Å². The van der Waals surface area contributed by atoms with Crippen molar-refractivity contribution in [1.82, 2.24) is 9.97 Å². The number of aromatic carboxylic acids is 1. The van der Waals surface area contributed by atoms with Crippen molar-refractivity contribution < 1.29 is 24.1 Å². The van der Waals surface area contributed by atoms with Crippen LogP contribution in [0.3, 0.4) is 0 Å². The van der Waals surface area contributed by atoms with E-state index in [0.717, 1.165) is 0 Å². The highest BCUT2D eigenvalue weighted by Gasteiger charge is 2.20. The second kappa shape index (κ2) is 6.90. The van der Waals surface area contributed by atoms with Gasteiger partial charge in [-0.25, -0.2) is 9.78 Å². The summed E-state index contributed by atoms with van der Waals surface area (Å²) in [6, 6.07) is 7.50. The Balaban J connectivity index is 1.79. The van der Waals surface area contributed by atoms with Gasteiger partial charge in [-0.1, -0.05) is 11.6 Å². The van der Waals surface area contributed by atoms with Crippen molar-refractivity contribution in [3.63, 3.8) is 0 Å². The van der Waals surface area contributed by atoms with E-state index in [0.29, 0.717) is 22.8 Å². The van der Waals surface area contributed by atoms with Crippen LogP contribution >= 0.6 is 11.6 Å². The highest BCUT2D eigenvalue weighted by atomic mass is 35.5. The first-order valence-electron chi connectivity index (χ1n) is 8.09. The first-order chi connectivity index (χ1) is 13.5. The average molecular weight is 401 g/mol. The number of aromatic nitrogens is 2. The number of nitrogens with zero attached hydrogens (tertiary/aromatic N) is 1. The number of halogens is 1. The number of ether oxygens (including phenoxy) is 3. The molecule has 1 aromatic heterocycles. The summed E-state index contributed by atoms with van der Waals surface area (Å²) in [5.41, 5.74) is 0.477. The molecule has 0 saturated carbocycles. The molecule has 0 saturated heterocycles. The van der Waals surface area contributed by atoms with Crippen molar-refractivity contribution in [2.75, 3.05) is 13.9 Å². The summed E-state index contributed by atoms with van der Waals surface area (Å²) in [7, 11) is 1.51. The van der Waals surface area contributed by atoms with Crippen LogP contribution in [0.25, 0.3) is 22.0 Å². The molecule has 142 valence electrons. The Morgan fingerprint density at radius 1 is 1.32 bits per heavy atom. The number of rotatable bonds is 4. The maximum absolute atomic E-state index is 12.3. The van der Waals surface area contributed by atoms with Gasteiger partial charge in [0.15, 0.2) is 17.3 Å². The van der Waals surface area contributed by atoms with Gasteiger partial charge < -0.3 is 24.3 Å². The van der Waals surface area contributed by atoms with Crippen molar-refractivity contribution in [3.8, 4) is 17.2 Å². The predicted molar refractivity (Wildman–Crippen MR) is 102 cm³/mol. The van der Waals surface area contributed by atoms with Crippen molar-refractivity contribution >= 4 is 39.6 Å². The van der Waals surface area contributed by atoms with E-state index in [9.17, 15) is 9.59 Å². The third kappa shape index (κ3) is 3.14. The minimum absolute atomic E-state index is 0.0251. The Bertz CT molecular complexity index is 1200. The number of benzene rings is 2. The molecule has 0 spiro atoms. The molecule has 1 aliphatic rings. The molecule has 0 aliphatic carbocycles. The van der Waals surface area contributed by atoms with Crippen molar-refractivity contribution in [2.24, 2.45) is 0 Å². The number of hydrogen-bond donors (Lipinski definition) is 2. The van der Waals surface area contributed by atoms with Gasteiger partial charge in [-0.05, 0) is 42.0 Å². The Labute approximate surface area is 162 Å². The minimum atomic E-state index is -1.11. The fraction of sp³-hybridized carbons (Fsp3) is 0.105. The average Bonchev–Trinajstić information content (AvgIpc) is 3.15. The highest BCUT2D eigenvalue weighted by molar-refractivity contribution is 6.50. The van der Waals surface area contributed by atoms with Gasteiger partial charge in [0.25, 0.3) is 5.56 Å². The molecule has 0 bridgehead atoms. The van der Waals surface area contributed by atoms with Crippen LogP contribution < -0.4 is 19.8 Å². The molecule has 0 fully saturated rings. The summed E-state index contributed by atoms with van der Waals surface area (Å²) < 4.78 is 16.0. The first kappa shape index (κ1) is 17.9. The number of carboxylic acids is 1. The van der Waals surface area contributed by atoms with Gasteiger partial charge in [0, 0.05) is 0 Å². The van der Waals surface area contributed by atoms with Crippen LogP contribution in [-0.4, -0.2) is 34.9 Å². The highest BCUT2D eigenvalue weighted by Crippen LogP contribution is 2.42. The van der Waals surface area contributed by atoms with Crippen LogP contribution in [0.1, 0.15) is 21.7 Å². The van der Waals surface area contributed by atoms with Crippen molar-refractivity contribution in [3.05, 3.63) is 57.6 Å². The lowest BCUT2D eigenvalue weighted by molar-refractivity contribution is 0.0697. The van der Waals surface area contributed by atoms with Crippen LogP contribution in [0.15, 0.2) is 35.1 Å². The molecular weight excluding hydrogens is 388 g/mol. The molecule has 8 nitrogen and oxygen atoms in total. The van der Waals surface area contributed by atoms with E-state index < -0.39 is 11.5 Å². The zero-order valence-corrected chi connectivity index (χ0v) is 15.2. The van der Waals surface area contributed by atoms with Crippen LogP contribution in [0, 0.1) is 0 Å². The third-order valence-electron chi connectivity index (χ3n) is 4.15. The zero-order valence-electron chi connectivity index (χ0n) is 14.5. The molecule has 2 heterocycles. The lowest BCUT2D eigenvalue weighted by Gasteiger charge is -2.07. The van der Waals surface area contributed by atoms with E-state index in [-0.39, 0.29) is 34.1 Å². The molecule has 9 heteroatoms.